The zero-order valence-electron chi connectivity index (χ0n) is 25.8. The van der Waals surface area contributed by atoms with Crippen molar-refractivity contribution >= 4 is 12.2 Å². The zero-order valence-corrected chi connectivity index (χ0v) is 25.8. The number of hydrogen-bond donors (Lipinski definition) is 0. The molecule has 0 aliphatic heterocycles. The second-order valence-corrected chi connectivity index (χ2v) is 13.6. The second-order valence-electron chi connectivity index (χ2n) is 13.6. The molecule has 1 fully saturated rings. The lowest BCUT2D eigenvalue weighted by molar-refractivity contribution is 0.286. The fourth-order valence-corrected chi connectivity index (χ4v) is 7.95. The summed E-state index contributed by atoms with van der Waals surface area (Å²) in [4.78, 5) is 0. The Morgan fingerprint density at radius 2 is 0.929 bits per heavy atom. The van der Waals surface area contributed by atoms with Crippen LogP contribution in [0.1, 0.15) is 105 Å². The van der Waals surface area contributed by atoms with Crippen LogP contribution in [0.2, 0.25) is 0 Å². The summed E-state index contributed by atoms with van der Waals surface area (Å²) >= 11 is 0. The van der Waals surface area contributed by atoms with Crippen molar-refractivity contribution in [3.05, 3.63) is 129 Å². The standard InChI is InChI=1S/C42H44/c1-28(2)30-14-18-32(19-15-30)38-12-8-10-34-24-36(26-40(34)38)42(22-6-5-7-23-42)37-25-35-11-9-13-39(41(35)27-37)33-20-16-31(17-21-33)29(3)4/h8-21,26-29H,5-7,22-25H2,1-4H3. The van der Waals surface area contributed by atoms with E-state index in [1.54, 1.807) is 11.1 Å². The molecule has 0 aromatic heterocycles. The Morgan fingerprint density at radius 3 is 1.33 bits per heavy atom. The van der Waals surface area contributed by atoms with Gasteiger partial charge in [0.15, 0.2) is 0 Å². The van der Waals surface area contributed by atoms with Crippen molar-refractivity contribution in [3.63, 3.8) is 0 Å². The van der Waals surface area contributed by atoms with Crippen molar-refractivity contribution in [2.75, 3.05) is 0 Å². The third kappa shape index (κ3) is 4.70. The van der Waals surface area contributed by atoms with E-state index in [2.05, 4.69) is 125 Å². The van der Waals surface area contributed by atoms with Crippen LogP contribution in [-0.4, -0.2) is 0 Å². The Hall–Kier alpha value is -3.64. The topological polar surface area (TPSA) is 0 Å². The lowest BCUT2D eigenvalue weighted by Crippen LogP contribution is -2.29. The van der Waals surface area contributed by atoms with Crippen LogP contribution in [0.25, 0.3) is 34.4 Å². The van der Waals surface area contributed by atoms with Gasteiger partial charge in [0.1, 0.15) is 0 Å². The molecule has 0 heteroatoms. The SMILES string of the molecule is CC(C)c1ccc(-c2cccc3c2C=C(C2(C4=Cc5c(cccc5-c5ccc(C(C)C)cc5)C4)CCCCC2)C3)cc1. The van der Waals surface area contributed by atoms with Crippen LogP contribution in [0.5, 0.6) is 0 Å². The molecule has 0 saturated heterocycles. The van der Waals surface area contributed by atoms with Gasteiger partial charge in [-0.25, -0.2) is 0 Å². The highest BCUT2D eigenvalue weighted by Crippen LogP contribution is 2.55. The van der Waals surface area contributed by atoms with Crippen molar-refractivity contribution in [2.24, 2.45) is 5.41 Å². The Bertz CT molecular complexity index is 1540. The molecule has 0 atom stereocenters. The fourth-order valence-electron chi connectivity index (χ4n) is 7.95. The van der Waals surface area contributed by atoms with Gasteiger partial charge in [-0.2, -0.15) is 0 Å². The van der Waals surface area contributed by atoms with Gasteiger partial charge in [-0.05, 0) is 93.2 Å². The lowest BCUT2D eigenvalue weighted by Gasteiger charge is -2.40. The molecule has 4 aromatic carbocycles. The van der Waals surface area contributed by atoms with E-state index in [1.165, 1.54) is 87.7 Å². The minimum atomic E-state index is 0.174. The minimum absolute atomic E-state index is 0.174. The molecule has 4 aromatic rings. The van der Waals surface area contributed by atoms with Crippen LogP contribution in [0.3, 0.4) is 0 Å². The molecule has 0 heterocycles. The van der Waals surface area contributed by atoms with E-state index in [-0.39, 0.29) is 5.41 Å². The summed E-state index contributed by atoms with van der Waals surface area (Å²) in [5.41, 5.74) is 17.7. The maximum absolute atomic E-state index is 2.61. The predicted octanol–water partition coefficient (Wildman–Crippen LogP) is 11.8. The smallest absolute Gasteiger partial charge is 0.0134 e. The summed E-state index contributed by atoms with van der Waals surface area (Å²) in [6.07, 6.45) is 14.0. The normalized spacial score (nSPS) is 17.3. The summed E-state index contributed by atoms with van der Waals surface area (Å²) in [5.74, 6) is 1.11. The number of hydrogen-bond acceptors (Lipinski definition) is 0. The first-order valence-corrected chi connectivity index (χ1v) is 16.3. The number of fused-ring (bicyclic) bond motifs is 2. The predicted molar refractivity (Wildman–Crippen MR) is 181 cm³/mol. The van der Waals surface area contributed by atoms with Crippen LogP contribution in [0.4, 0.5) is 0 Å². The van der Waals surface area contributed by atoms with Gasteiger partial charge in [-0.15, -0.1) is 0 Å². The maximum Gasteiger partial charge on any atom is 0.0134 e. The van der Waals surface area contributed by atoms with E-state index < -0.39 is 0 Å². The average molecular weight is 549 g/mol. The van der Waals surface area contributed by atoms with Gasteiger partial charge in [-0.3, -0.25) is 0 Å². The van der Waals surface area contributed by atoms with Gasteiger partial charge in [0, 0.05) is 5.41 Å². The first-order chi connectivity index (χ1) is 20.4. The molecule has 0 unspecified atom stereocenters. The van der Waals surface area contributed by atoms with Crippen LogP contribution >= 0.6 is 0 Å². The molecule has 0 nitrogen and oxygen atoms in total. The third-order valence-electron chi connectivity index (χ3n) is 10.5. The largest absolute Gasteiger partial charge is 0.0613 e. The summed E-state index contributed by atoms with van der Waals surface area (Å²) in [7, 11) is 0. The molecule has 42 heavy (non-hydrogen) atoms. The summed E-state index contributed by atoms with van der Waals surface area (Å²) in [6.45, 7) is 9.09. The van der Waals surface area contributed by atoms with Gasteiger partial charge in [0.05, 0.1) is 0 Å². The number of rotatable bonds is 6. The zero-order chi connectivity index (χ0) is 28.8. The first-order valence-electron chi connectivity index (χ1n) is 16.3. The van der Waals surface area contributed by atoms with Crippen LogP contribution in [0.15, 0.2) is 96.1 Å². The van der Waals surface area contributed by atoms with E-state index in [0.717, 1.165) is 12.8 Å². The van der Waals surface area contributed by atoms with Crippen molar-refractivity contribution < 1.29 is 0 Å². The highest BCUT2D eigenvalue weighted by atomic mass is 14.5. The van der Waals surface area contributed by atoms with Gasteiger partial charge in [-0.1, -0.05) is 155 Å². The molecule has 0 spiro atoms. The quantitative estimate of drug-likeness (QED) is 0.225. The molecule has 0 N–H and O–H groups in total. The Labute approximate surface area is 253 Å². The Morgan fingerprint density at radius 1 is 0.500 bits per heavy atom. The fraction of sp³-hybridized carbons (Fsp3) is 0.333. The van der Waals surface area contributed by atoms with Crippen molar-refractivity contribution in [1.29, 1.82) is 0 Å². The van der Waals surface area contributed by atoms with E-state index in [9.17, 15) is 0 Å². The van der Waals surface area contributed by atoms with E-state index in [4.69, 9.17) is 0 Å². The molecule has 3 aliphatic carbocycles. The highest BCUT2D eigenvalue weighted by Gasteiger charge is 2.42. The molecule has 0 amide bonds. The van der Waals surface area contributed by atoms with Crippen molar-refractivity contribution in [1.82, 2.24) is 0 Å². The molecule has 0 bridgehead atoms. The molecule has 0 radical (unpaired) electrons. The second kappa shape index (κ2) is 10.9. The lowest BCUT2D eigenvalue weighted by atomic mass is 9.63. The van der Waals surface area contributed by atoms with Crippen LogP contribution in [-0.2, 0) is 12.8 Å². The van der Waals surface area contributed by atoms with Crippen molar-refractivity contribution in [3.8, 4) is 22.3 Å². The van der Waals surface area contributed by atoms with Gasteiger partial charge in [0.25, 0.3) is 0 Å². The Kier molecular flexibility index (Phi) is 7.05. The van der Waals surface area contributed by atoms with Crippen LogP contribution < -0.4 is 0 Å². The number of allylic oxidation sites excluding steroid dienone is 2. The van der Waals surface area contributed by atoms with Gasteiger partial charge in [0.2, 0.25) is 0 Å². The van der Waals surface area contributed by atoms with E-state index >= 15 is 0 Å². The molecule has 7 rings (SSSR count). The minimum Gasteiger partial charge on any atom is -0.0613 e. The summed E-state index contributed by atoms with van der Waals surface area (Å²) < 4.78 is 0. The molecule has 3 aliphatic rings. The average Bonchev–Trinajstić information content (AvgIpc) is 3.67. The van der Waals surface area contributed by atoms with Gasteiger partial charge < -0.3 is 0 Å². The first kappa shape index (κ1) is 27.2. The highest BCUT2D eigenvalue weighted by molar-refractivity contribution is 5.84. The van der Waals surface area contributed by atoms with E-state index in [0.29, 0.717) is 11.8 Å². The van der Waals surface area contributed by atoms with Crippen LogP contribution in [0, 0.1) is 5.41 Å². The molecular weight excluding hydrogens is 504 g/mol. The van der Waals surface area contributed by atoms with E-state index in [1.807, 2.05) is 0 Å². The third-order valence-corrected chi connectivity index (χ3v) is 10.5. The summed E-state index contributed by atoms with van der Waals surface area (Å²) in [5, 5.41) is 0. The molecular formula is C42H44. The summed E-state index contributed by atoms with van der Waals surface area (Å²) in [6, 6.07) is 32.5. The van der Waals surface area contributed by atoms with Gasteiger partial charge >= 0.3 is 0 Å². The Balaban J connectivity index is 1.27. The monoisotopic (exact) mass is 548 g/mol. The number of benzene rings is 4. The maximum atomic E-state index is 2.61. The molecule has 212 valence electrons. The van der Waals surface area contributed by atoms with Crippen molar-refractivity contribution in [2.45, 2.75) is 84.5 Å². The molecule has 1 saturated carbocycles.